The summed E-state index contributed by atoms with van der Waals surface area (Å²) in [5, 5.41) is 13.7. The van der Waals surface area contributed by atoms with E-state index >= 15 is 0 Å². The fourth-order valence-corrected chi connectivity index (χ4v) is 2.69. The van der Waals surface area contributed by atoms with Gasteiger partial charge >= 0.3 is 0 Å². The van der Waals surface area contributed by atoms with E-state index in [2.05, 4.69) is 10.2 Å². The summed E-state index contributed by atoms with van der Waals surface area (Å²) in [5.74, 6) is -0.311. The highest BCUT2D eigenvalue weighted by molar-refractivity contribution is 6.32. The van der Waals surface area contributed by atoms with Crippen LogP contribution >= 0.6 is 11.6 Å². The van der Waals surface area contributed by atoms with E-state index in [0.717, 1.165) is 19.4 Å². The molecule has 6 nitrogen and oxygen atoms in total. The molecule has 0 radical (unpaired) electrons. The molecular weight excluding hydrogens is 294 g/mol. The minimum atomic E-state index is -0.589. The number of carbonyl (C=O) groups excluding carboxylic acids is 1. The lowest BCUT2D eigenvalue weighted by molar-refractivity contribution is -0.384. The fraction of sp³-hybridized carbons (Fsp3) is 0.500. The summed E-state index contributed by atoms with van der Waals surface area (Å²) in [7, 11) is 2.04. The zero-order chi connectivity index (χ0) is 15.4. The SMILES string of the molecule is CN1CCCCC1CNC(=O)c1ccc(Cl)c([N+](=O)[O-])c1. The second-order valence-corrected chi connectivity index (χ2v) is 5.67. The van der Waals surface area contributed by atoms with E-state index in [1.165, 1.54) is 24.6 Å². The Hall–Kier alpha value is -1.66. The van der Waals surface area contributed by atoms with E-state index in [9.17, 15) is 14.9 Å². The number of likely N-dealkylation sites (tertiary alicyclic amines) is 1. The topological polar surface area (TPSA) is 75.5 Å². The number of hydrogen-bond donors (Lipinski definition) is 1. The zero-order valence-corrected chi connectivity index (χ0v) is 12.6. The van der Waals surface area contributed by atoms with Crippen molar-refractivity contribution in [2.24, 2.45) is 0 Å². The van der Waals surface area contributed by atoms with Crippen LogP contribution in [0.2, 0.25) is 5.02 Å². The highest BCUT2D eigenvalue weighted by atomic mass is 35.5. The van der Waals surface area contributed by atoms with Gasteiger partial charge in [-0.15, -0.1) is 0 Å². The summed E-state index contributed by atoms with van der Waals surface area (Å²) in [6.45, 7) is 1.58. The van der Waals surface area contributed by atoms with Crippen molar-refractivity contribution in [1.29, 1.82) is 0 Å². The van der Waals surface area contributed by atoms with Crippen LogP contribution in [0.4, 0.5) is 5.69 Å². The summed E-state index contributed by atoms with van der Waals surface area (Å²) in [6, 6.07) is 4.41. The van der Waals surface area contributed by atoms with Crippen molar-refractivity contribution in [1.82, 2.24) is 10.2 Å². The second-order valence-electron chi connectivity index (χ2n) is 5.26. The molecule has 1 aromatic rings. The normalized spacial score (nSPS) is 19.2. The van der Waals surface area contributed by atoms with E-state index in [-0.39, 0.29) is 22.2 Å². The average molecular weight is 312 g/mol. The summed E-state index contributed by atoms with van der Waals surface area (Å²) in [4.78, 5) is 24.6. The third kappa shape index (κ3) is 3.92. The predicted octanol–water partition coefficient (Wildman–Crippen LogP) is 2.46. The monoisotopic (exact) mass is 311 g/mol. The fourth-order valence-electron chi connectivity index (χ4n) is 2.51. The molecule has 1 unspecified atom stereocenters. The molecule has 0 spiro atoms. The summed E-state index contributed by atoms with van der Waals surface area (Å²) in [5.41, 5.74) is 0.00339. The zero-order valence-electron chi connectivity index (χ0n) is 11.8. The molecule has 1 heterocycles. The van der Waals surface area contributed by atoms with Gasteiger partial charge in [0.2, 0.25) is 0 Å². The first-order valence-electron chi connectivity index (χ1n) is 6.91. The highest BCUT2D eigenvalue weighted by Crippen LogP contribution is 2.25. The number of amides is 1. The number of nitrogens with one attached hydrogen (secondary N) is 1. The van der Waals surface area contributed by atoms with Gasteiger partial charge in [-0.2, -0.15) is 0 Å². The van der Waals surface area contributed by atoms with Gasteiger partial charge in [0, 0.05) is 24.2 Å². The van der Waals surface area contributed by atoms with Gasteiger partial charge in [0.25, 0.3) is 11.6 Å². The van der Waals surface area contributed by atoms with Gasteiger partial charge in [-0.1, -0.05) is 18.0 Å². The number of benzene rings is 1. The number of nitro groups is 1. The van der Waals surface area contributed by atoms with Crippen LogP contribution in [0.3, 0.4) is 0 Å². The molecule has 1 aliphatic heterocycles. The van der Waals surface area contributed by atoms with E-state index in [4.69, 9.17) is 11.6 Å². The molecule has 1 saturated heterocycles. The molecule has 2 rings (SSSR count). The molecule has 1 aromatic carbocycles. The number of carbonyl (C=O) groups is 1. The molecule has 21 heavy (non-hydrogen) atoms. The first-order chi connectivity index (χ1) is 9.99. The Labute approximate surface area is 128 Å². The molecule has 7 heteroatoms. The molecule has 0 saturated carbocycles. The Morgan fingerprint density at radius 2 is 2.29 bits per heavy atom. The average Bonchev–Trinajstić information content (AvgIpc) is 2.46. The first kappa shape index (κ1) is 15.7. The lowest BCUT2D eigenvalue weighted by Gasteiger charge is -2.32. The van der Waals surface area contributed by atoms with Crippen molar-refractivity contribution in [3.05, 3.63) is 38.9 Å². The number of hydrogen-bond acceptors (Lipinski definition) is 4. The van der Waals surface area contributed by atoms with E-state index in [0.29, 0.717) is 12.6 Å². The van der Waals surface area contributed by atoms with Crippen molar-refractivity contribution in [3.63, 3.8) is 0 Å². The van der Waals surface area contributed by atoms with Crippen LogP contribution in [-0.4, -0.2) is 41.9 Å². The van der Waals surface area contributed by atoms with Crippen LogP contribution in [0, 0.1) is 10.1 Å². The standard InChI is InChI=1S/C14H18ClN3O3/c1-17-7-3-2-4-11(17)9-16-14(19)10-5-6-12(15)13(8-10)18(20)21/h5-6,8,11H,2-4,7,9H2,1H3,(H,16,19). The maximum absolute atomic E-state index is 12.1. The first-order valence-corrected chi connectivity index (χ1v) is 7.29. The predicted molar refractivity (Wildman–Crippen MR) is 80.7 cm³/mol. The quantitative estimate of drug-likeness (QED) is 0.684. The summed E-state index contributed by atoms with van der Waals surface area (Å²) in [6.07, 6.45) is 3.40. The Bertz CT molecular complexity index is 550. The Morgan fingerprint density at radius 1 is 1.52 bits per heavy atom. The molecule has 0 aromatic heterocycles. The van der Waals surface area contributed by atoms with Gasteiger partial charge in [0.1, 0.15) is 5.02 Å². The van der Waals surface area contributed by atoms with Crippen molar-refractivity contribution in [2.75, 3.05) is 20.1 Å². The van der Waals surface area contributed by atoms with Crippen molar-refractivity contribution in [2.45, 2.75) is 25.3 Å². The molecule has 0 bridgehead atoms. The number of nitrogens with zero attached hydrogens (tertiary/aromatic N) is 2. The molecule has 0 aliphatic carbocycles. The number of rotatable bonds is 4. The van der Waals surface area contributed by atoms with Gasteiger partial charge in [0.05, 0.1) is 4.92 Å². The number of likely N-dealkylation sites (N-methyl/N-ethyl adjacent to an activating group) is 1. The maximum Gasteiger partial charge on any atom is 0.288 e. The van der Waals surface area contributed by atoms with Gasteiger partial charge < -0.3 is 10.2 Å². The van der Waals surface area contributed by atoms with Crippen molar-refractivity contribution < 1.29 is 9.72 Å². The molecule has 1 N–H and O–H groups in total. The number of piperidine rings is 1. The van der Waals surface area contributed by atoms with E-state index in [1.54, 1.807) is 0 Å². The Balaban J connectivity index is 2.00. The molecule has 114 valence electrons. The van der Waals surface area contributed by atoms with E-state index in [1.807, 2.05) is 7.05 Å². The third-order valence-corrected chi connectivity index (χ3v) is 4.14. The molecule has 1 amide bonds. The Kier molecular flexibility index (Phi) is 5.14. The number of nitro benzene ring substituents is 1. The lowest BCUT2D eigenvalue weighted by atomic mass is 10.0. The largest absolute Gasteiger partial charge is 0.350 e. The van der Waals surface area contributed by atoms with Gasteiger partial charge in [-0.25, -0.2) is 0 Å². The van der Waals surface area contributed by atoms with Crippen LogP contribution in [-0.2, 0) is 0 Å². The smallest absolute Gasteiger partial charge is 0.288 e. The lowest BCUT2D eigenvalue weighted by Crippen LogP contribution is -2.44. The van der Waals surface area contributed by atoms with Gasteiger partial charge in [-0.3, -0.25) is 14.9 Å². The van der Waals surface area contributed by atoms with Crippen molar-refractivity contribution in [3.8, 4) is 0 Å². The van der Waals surface area contributed by atoms with Gasteiger partial charge in [0.15, 0.2) is 0 Å². The Morgan fingerprint density at radius 3 is 2.95 bits per heavy atom. The third-order valence-electron chi connectivity index (χ3n) is 3.82. The summed E-state index contributed by atoms with van der Waals surface area (Å²) < 4.78 is 0. The van der Waals surface area contributed by atoms with Gasteiger partial charge in [-0.05, 0) is 38.6 Å². The van der Waals surface area contributed by atoms with Crippen LogP contribution in [0.15, 0.2) is 18.2 Å². The minimum absolute atomic E-state index is 0.0311. The van der Waals surface area contributed by atoms with Crippen LogP contribution < -0.4 is 5.32 Å². The van der Waals surface area contributed by atoms with Crippen LogP contribution in [0.1, 0.15) is 29.6 Å². The molecule has 1 atom stereocenters. The molecular formula is C14H18ClN3O3. The molecule has 1 fully saturated rings. The molecule has 1 aliphatic rings. The maximum atomic E-state index is 12.1. The van der Waals surface area contributed by atoms with Crippen LogP contribution in [0.5, 0.6) is 0 Å². The number of halogens is 1. The second kappa shape index (κ2) is 6.87. The van der Waals surface area contributed by atoms with Crippen molar-refractivity contribution >= 4 is 23.2 Å². The van der Waals surface area contributed by atoms with E-state index < -0.39 is 4.92 Å². The van der Waals surface area contributed by atoms with Crippen LogP contribution in [0.25, 0.3) is 0 Å². The minimum Gasteiger partial charge on any atom is -0.350 e. The highest BCUT2D eigenvalue weighted by Gasteiger charge is 2.21. The summed E-state index contributed by atoms with van der Waals surface area (Å²) >= 11 is 5.73.